The molecule has 1 radical (unpaired) electrons. The van der Waals surface area contributed by atoms with E-state index >= 15 is 0 Å². The van der Waals surface area contributed by atoms with E-state index in [1.807, 2.05) is 12.1 Å². The summed E-state index contributed by atoms with van der Waals surface area (Å²) in [5, 5.41) is 3.90. The molecule has 5 aromatic rings. The van der Waals surface area contributed by atoms with Crippen LogP contribution in [-0.2, 0) is 6.54 Å². The number of carbonyl (C=O) groups excluding carboxylic acids is 1. The first kappa shape index (κ1) is 18.6. The topological polar surface area (TPSA) is 48.0 Å². The van der Waals surface area contributed by atoms with Crippen LogP contribution in [0.5, 0.6) is 0 Å². The molecular weight excluding hydrogens is 388 g/mol. The molecule has 0 bridgehead atoms. The van der Waals surface area contributed by atoms with Crippen LogP contribution in [0.25, 0.3) is 32.2 Å². The minimum Gasteiger partial charge on any atom is -0.366 e. The Bertz CT molecular complexity index is 1390. The van der Waals surface area contributed by atoms with Gasteiger partial charge in [-0.15, -0.1) is 11.3 Å². The molecule has 4 heteroatoms. The van der Waals surface area contributed by atoms with Crippen LogP contribution in [0, 0.1) is 19.9 Å². The molecule has 0 aliphatic carbocycles. The minimum absolute atomic E-state index is 0.414. The molecule has 2 heterocycles. The van der Waals surface area contributed by atoms with E-state index < -0.39 is 5.91 Å². The standard InChI is InChI=1S/C26H21N2OS/c1-16-6-3-7-17(2)21(16)15-28-22-9-4-8-20(26(27)29)25(22)19-12-11-18(14-23(19)28)24-10-5-13-30-24/h3-11,13-14H,15H2,1-2H3,(H2,27,29). The quantitative estimate of drug-likeness (QED) is 0.384. The molecule has 0 saturated heterocycles. The Labute approximate surface area is 179 Å². The molecular formula is C26H21N2OS. The van der Waals surface area contributed by atoms with Crippen molar-refractivity contribution in [2.75, 3.05) is 0 Å². The summed E-state index contributed by atoms with van der Waals surface area (Å²) in [7, 11) is 0. The van der Waals surface area contributed by atoms with Crippen molar-refractivity contribution in [1.29, 1.82) is 0 Å². The van der Waals surface area contributed by atoms with Crippen LogP contribution < -0.4 is 5.73 Å². The maximum atomic E-state index is 12.2. The van der Waals surface area contributed by atoms with E-state index in [0.717, 1.165) is 33.9 Å². The zero-order chi connectivity index (χ0) is 20.8. The highest BCUT2D eigenvalue weighted by Crippen LogP contribution is 2.36. The Kier molecular flexibility index (Phi) is 4.44. The molecule has 1 amide bonds. The molecule has 0 fully saturated rings. The second-order valence-electron chi connectivity index (χ2n) is 7.65. The van der Waals surface area contributed by atoms with Crippen LogP contribution in [-0.4, -0.2) is 10.5 Å². The third-order valence-corrected chi connectivity index (χ3v) is 6.75. The first-order valence-electron chi connectivity index (χ1n) is 9.90. The third-order valence-electron chi connectivity index (χ3n) is 5.83. The summed E-state index contributed by atoms with van der Waals surface area (Å²) in [6.45, 7) is 5.02. The first-order valence-corrected chi connectivity index (χ1v) is 10.8. The van der Waals surface area contributed by atoms with Crippen LogP contribution in [0.3, 0.4) is 0 Å². The van der Waals surface area contributed by atoms with Crippen LogP contribution in [0.1, 0.15) is 27.0 Å². The van der Waals surface area contributed by atoms with Crippen molar-refractivity contribution in [2.24, 2.45) is 5.73 Å². The first-order chi connectivity index (χ1) is 14.5. The number of rotatable bonds is 4. The summed E-state index contributed by atoms with van der Waals surface area (Å²) in [5.41, 5.74) is 13.3. The number of thiophene rings is 1. The van der Waals surface area contributed by atoms with E-state index in [1.54, 1.807) is 17.4 Å². The number of hydrogen-bond acceptors (Lipinski definition) is 2. The third kappa shape index (κ3) is 2.92. The summed E-state index contributed by atoms with van der Waals surface area (Å²) in [6, 6.07) is 24.0. The number of amides is 1. The number of benzene rings is 3. The number of primary amides is 1. The van der Waals surface area contributed by atoms with Gasteiger partial charge in [0.1, 0.15) is 0 Å². The minimum atomic E-state index is -0.414. The molecule has 2 N–H and O–H groups in total. The highest BCUT2D eigenvalue weighted by atomic mass is 32.1. The number of fused-ring (bicyclic) bond motifs is 3. The van der Waals surface area contributed by atoms with Gasteiger partial charge in [-0.05, 0) is 77.9 Å². The van der Waals surface area contributed by atoms with Crippen molar-refractivity contribution >= 4 is 39.0 Å². The number of nitrogens with two attached hydrogens (primary N) is 1. The van der Waals surface area contributed by atoms with E-state index in [1.165, 1.54) is 21.6 Å². The van der Waals surface area contributed by atoms with Crippen molar-refractivity contribution < 1.29 is 4.79 Å². The predicted octanol–water partition coefficient (Wildman–Crippen LogP) is 6.09. The van der Waals surface area contributed by atoms with E-state index in [0.29, 0.717) is 5.56 Å². The molecule has 0 spiro atoms. The molecule has 0 unspecified atom stereocenters. The highest BCUT2D eigenvalue weighted by molar-refractivity contribution is 7.13. The molecule has 2 aromatic heterocycles. The summed E-state index contributed by atoms with van der Waals surface area (Å²) >= 11 is 1.71. The van der Waals surface area contributed by atoms with Crippen LogP contribution in [0.2, 0.25) is 0 Å². The largest absolute Gasteiger partial charge is 0.366 e. The number of aromatic nitrogens is 1. The molecule has 5 rings (SSSR count). The van der Waals surface area contributed by atoms with Crippen molar-refractivity contribution in [2.45, 2.75) is 20.4 Å². The maximum Gasteiger partial charge on any atom is 0.249 e. The maximum absolute atomic E-state index is 12.2. The molecule has 3 nitrogen and oxygen atoms in total. The van der Waals surface area contributed by atoms with Crippen molar-refractivity contribution in [1.82, 2.24) is 4.57 Å². The zero-order valence-corrected chi connectivity index (χ0v) is 17.7. The molecule has 0 aliphatic rings. The van der Waals surface area contributed by atoms with E-state index in [9.17, 15) is 4.79 Å². The van der Waals surface area contributed by atoms with Crippen molar-refractivity contribution in [3.05, 3.63) is 94.4 Å². The smallest absolute Gasteiger partial charge is 0.249 e. The molecule has 0 atom stereocenters. The van der Waals surface area contributed by atoms with Gasteiger partial charge >= 0.3 is 0 Å². The van der Waals surface area contributed by atoms with E-state index in [4.69, 9.17) is 5.73 Å². The molecule has 3 aromatic carbocycles. The van der Waals surface area contributed by atoms with Gasteiger partial charge in [-0.2, -0.15) is 0 Å². The number of carbonyl (C=O) groups is 1. The molecule has 147 valence electrons. The SMILES string of the molecule is Cc1cccc(C)c1Cn1c2cc(-c3cccs3)c[c]c2c2c(C(N)=O)cccc21. The normalized spacial score (nSPS) is 11.4. The fourth-order valence-electron chi connectivity index (χ4n) is 4.27. The lowest BCUT2D eigenvalue weighted by molar-refractivity contribution is 0.100. The fourth-order valence-corrected chi connectivity index (χ4v) is 4.99. The van der Waals surface area contributed by atoms with Gasteiger partial charge in [-0.3, -0.25) is 4.79 Å². The lowest BCUT2D eigenvalue weighted by Gasteiger charge is -2.13. The number of hydrogen-bond donors (Lipinski definition) is 1. The van der Waals surface area contributed by atoms with Gasteiger partial charge in [0, 0.05) is 27.8 Å². The second-order valence-corrected chi connectivity index (χ2v) is 8.59. The van der Waals surface area contributed by atoms with Gasteiger partial charge in [0.2, 0.25) is 5.91 Å². The van der Waals surface area contributed by atoms with Crippen molar-refractivity contribution in [3.63, 3.8) is 0 Å². The van der Waals surface area contributed by atoms with Gasteiger partial charge in [0.15, 0.2) is 0 Å². The van der Waals surface area contributed by atoms with Gasteiger partial charge in [-0.25, -0.2) is 0 Å². The van der Waals surface area contributed by atoms with Gasteiger partial charge in [0.05, 0.1) is 11.0 Å². The second kappa shape index (κ2) is 7.15. The van der Waals surface area contributed by atoms with Gasteiger partial charge in [-0.1, -0.05) is 30.3 Å². The number of aryl methyl sites for hydroxylation is 2. The summed E-state index contributed by atoms with van der Waals surface area (Å²) in [5.74, 6) is -0.414. The average Bonchev–Trinajstić information content (AvgIpc) is 3.37. The lowest BCUT2D eigenvalue weighted by atomic mass is 10.0. The Balaban J connectivity index is 1.85. The summed E-state index contributed by atoms with van der Waals surface area (Å²) in [4.78, 5) is 13.4. The predicted molar refractivity (Wildman–Crippen MR) is 125 cm³/mol. The lowest BCUT2D eigenvalue weighted by Crippen LogP contribution is -2.11. The molecule has 0 aliphatic heterocycles. The Morgan fingerprint density at radius 3 is 2.50 bits per heavy atom. The Morgan fingerprint density at radius 1 is 1.03 bits per heavy atom. The molecule has 0 saturated carbocycles. The Hall–Kier alpha value is -3.37. The van der Waals surface area contributed by atoms with Gasteiger partial charge in [0.25, 0.3) is 0 Å². The summed E-state index contributed by atoms with van der Waals surface area (Å²) < 4.78 is 2.29. The van der Waals surface area contributed by atoms with Crippen LogP contribution in [0.4, 0.5) is 0 Å². The highest BCUT2D eigenvalue weighted by Gasteiger charge is 2.18. The van der Waals surface area contributed by atoms with Crippen molar-refractivity contribution in [3.8, 4) is 10.4 Å². The molecule has 30 heavy (non-hydrogen) atoms. The number of nitrogens with zero attached hydrogens (tertiary/aromatic N) is 1. The van der Waals surface area contributed by atoms with E-state index in [2.05, 4.69) is 72.3 Å². The zero-order valence-electron chi connectivity index (χ0n) is 16.9. The van der Waals surface area contributed by atoms with Crippen LogP contribution >= 0.6 is 11.3 Å². The Morgan fingerprint density at radius 2 is 1.80 bits per heavy atom. The fraction of sp³-hybridized carbons (Fsp3) is 0.115. The average molecular weight is 410 g/mol. The van der Waals surface area contributed by atoms with Crippen LogP contribution in [0.15, 0.2) is 66.0 Å². The van der Waals surface area contributed by atoms with Gasteiger partial charge < -0.3 is 10.3 Å². The monoisotopic (exact) mass is 409 g/mol. The van der Waals surface area contributed by atoms with E-state index in [-0.39, 0.29) is 0 Å². The summed E-state index contributed by atoms with van der Waals surface area (Å²) in [6.07, 6.45) is 0.